The van der Waals surface area contributed by atoms with Gasteiger partial charge in [-0.2, -0.15) is 0 Å². The Morgan fingerprint density at radius 2 is 1.84 bits per heavy atom. The Hall–Kier alpha value is -0.760. The summed E-state index contributed by atoms with van der Waals surface area (Å²) in [6.07, 6.45) is 15.9. The van der Waals surface area contributed by atoms with Gasteiger partial charge in [0.2, 0.25) is 0 Å². The van der Waals surface area contributed by atoms with Gasteiger partial charge in [0, 0.05) is 18.9 Å². The minimum absolute atomic E-state index is 0.213. The van der Waals surface area contributed by atoms with Crippen LogP contribution in [0, 0.1) is 5.92 Å². The fourth-order valence-electron chi connectivity index (χ4n) is 2.71. The number of nitrogens with zero attached hydrogens (tertiary/aromatic N) is 1. The third-order valence-corrected chi connectivity index (χ3v) is 4.20. The molecule has 19 heavy (non-hydrogen) atoms. The highest BCUT2D eigenvalue weighted by molar-refractivity contribution is 5.16. The molecule has 0 aromatic carbocycles. The zero-order valence-corrected chi connectivity index (χ0v) is 12.4. The average Bonchev–Trinajstić information content (AvgIpc) is 3.16. The molecule has 2 heteroatoms. The third kappa shape index (κ3) is 5.02. The van der Waals surface area contributed by atoms with Crippen molar-refractivity contribution in [2.24, 2.45) is 5.92 Å². The van der Waals surface area contributed by atoms with E-state index in [2.05, 4.69) is 30.0 Å². The standard InChI is InChI=1S/C17H29NO/c1-2-3-4-5-6-7-8-12-18-13-11-16(14-18)17(19)15-9-10-15/h11,13-15,17,19H,2-10,12H2,1H3. The summed E-state index contributed by atoms with van der Waals surface area (Å²) in [6, 6.07) is 2.09. The number of unbranched alkanes of at least 4 members (excludes halogenated alkanes) is 6. The minimum atomic E-state index is -0.213. The van der Waals surface area contributed by atoms with Gasteiger partial charge in [-0.15, -0.1) is 0 Å². The summed E-state index contributed by atoms with van der Waals surface area (Å²) in [7, 11) is 0. The molecular weight excluding hydrogens is 234 g/mol. The molecule has 2 rings (SSSR count). The summed E-state index contributed by atoms with van der Waals surface area (Å²) < 4.78 is 2.24. The van der Waals surface area contributed by atoms with Crippen LogP contribution in [0.4, 0.5) is 0 Å². The van der Waals surface area contributed by atoms with Gasteiger partial charge < -0.3 is 9.67 Å². The lowest BCUT2D eigenvalue weighted by Crippen LogP contribution is -1.99. The van der Waals surface area contributed by atoms with Gasteiger partial charge in [0.25, 0.3) is 0 Å². The molecule has 1 atom stereocenters. The monoisotopic (exact) mass is 263 g/mol. The lowest BCUT2D eigenvalue weighted by molar-refractivity contribution is 0.154. The molecule has 1 aromatic rings. The van der Waals surface area contributed by atoms with Gasteiger partial charge in [-0.3, -0.25) is 0 Å². The maximum absolute atomic E-state index is 10.1. The van der Waals surface area contributed by atoms with Crippen molar-refractivity contribution in [3.05, 3.63) is 24.0 Å². The largest absolute Gasteiger partial charge is 0.388 e. The first-order chi connectivity index (χ1) is 9.31. The van der Waals surface area contributed by atoms with Crippen LogP contribution in [0.5, 0.6) is 0 Å². The van der Waals surface area contributed by atoms with Crippen LogP contribution in [0.25, 0.3) is 0 Å². The molecule has 1 saturated carbocycles. The molecule has 1 aliphatic carbocycles. The van der Waals surface area contributed by atoms with Gasteiger partial charge in [-0.05, 0) is 36.8 Å². The van der Waals surface area contributed by atoms with Crippen LogP contribution in [0.3, 0.4) is 0 Å². The van der Waals surface area contributed by atoms with Crippen molar-refractivity contribution >= 4 is 0 Å². The van der Waals surface area contributed by atoms with Crippen molar-refractivity contribution in [2.75, 3.05) is 0 Å². The summed E-state index contributed by atoms with van der Waals surface area (Å²) >= 11 is 0. The molecule has 0 spiro atoms. The fraction of sp³-hybridized carbons (Fsp3) is 0.765. The number of hydrogen-bond acceptors (Lipinski definition) is 1. The number of hydrogen-bond donors (Lipinski definition) is 1. The molecule has 1 unspecified atom stereocenters. The third-order valence-electron chi connectivity index (χ3n) is 4.20. The van der Waals surface area contributed by atoms with E-state index >= 15 is 0 Å². The number of aryl methyl sites for hydroxylation is 1. The molecule has 108 valence electrons. The Kier molecular flexibility index (Phi) is 5.96. The van der Waals surface area contributed by atoms with Crippen LogP contribution in [0.2, 0.25) is 0 Å². The molecule has 0 saturated heterocycles. The van der Waals surface area contributed by atoms with E-state index in [4.69, 9.17) is 0 Å². The first-order valence-corrected chi connectivity index (χ1v) is 8.15. The summed E-state index contributed by atoms with van der Waals surface area (Å²) in [5.41, 5.74) is 1.12. The second-order valence-corrected chi connectivity index (χ2v) is 6.09. The van der Waals surface area contributed by atoms with E-state index in [0.717, 1.165) is 12.1 Å². The van der Waals surface area contributed by atoms with Crippen molar-refractivity contribution in [1.82, 2.24) is 4.57 Å². The first kappa shape index (κ1) is 14.6. The van der Waals surface area contributed by atoms with E-state index in [1.807, 2.05) is 0 Å². The van der Waals surface area contributed by atoms with E-state index in [0.29, 0.717) is 5.92 Å². The molecule has 1 fully saturated rings. The average molecular weight is 263 g/mol. The van der Waals surface area contributed by atoms with Crippen LogP contribution in [-0.4, -0.2) is 9.67 Å². The van der Waals surface area contributed by atoms with E-state index < -0.39 is 0 Å². The molecular formula is C17H29NO. The molecule has 0 bridgehead atoms. The highest BCUT2D eigenvalue weighted by Gasteiger charge is 2.31. The Labute approximate surface area is 117 Å². The predicted octanol–water partition coefficient (Wildman–Crippen LogP) is 4.68. The Morgan fingerprint density at radius 1 is 1.16 bits per heavy atom. The summed E-state index contributed by atoms with van der Waals surface area (Å²) in [5.74, 6) is 0.536. The normalized spacial score (nSPS) is 16.7. The van der Waals surface area contributed by atoms with E-state index in [9.17, 15) is 5.11 Å². The molecule has 0 amide bonds. The van der Waals surface area contributed by atoms with Crippen LogP contribution in [0.1, 0.15) is 76.4 Å². The Bertz CT molecular complexity index is 354. The Morgan fingerprint density at radius 3 is 2.53 bits per heavy atom. The predicted molar refractivity (Wildman–Crippen MR) is 80.1 cm³/mol. The van der Waals surface area contributed by atoms with Crippen LogP contribution >= 0.6 is 0 Å². The zero-order chi connectivity index (χ0) is 13.5. The number of aliphatic hydroxyl groups excluding tert-OH is 1. The second kappa shape index (κ2) is 7.74. The van der Waals surface area contributed by atoms with Gasteiger partial charge in [0.1, 0.15) is 0 Å². The lowest BCUT2D eigenvalue weighted by Gasteiger charge is -2.06. The topological polar surface area (TPSA) is 25.2 Å². The van der Waals surface area contributed by atoms with Crippen molar-refractivity contribution in [3.63, 3.8) is 0 Å². The quantitative estimate of drug-likeness (QED) is 0.609. The van der Waals surface area contributed by atoms with Crippen LogP contribution in [-0.2, 0) is 6.54 Å². The molecule has 1 aliphatic rings. The van der Waals surface area contributed by atoms with Gasteiger partial charge in [-0.1, -0.05) is 45.4 Å². The first-order valence-electron chi connectivity index (χ1n) is 8.15. The van der Waals surface area contributed by atoms with Crippen molar-refractivity contribution in [3.8, 4) is 0 Å². The maximum atomic E-state index is 10.1. The van der Waals surface area contributed by atoms with Crippen LogP contribution < -0.4 is 0 Å². The summed E-state index contributed by atoms with van der Waals surface area (Å²) in [4.78, 5) is 0. The molecule has 2 nitrogen and oxygen atoms in total. The van der Waals surface area contributed by atoms with E-state index in [1.54, 1.807) is 0 Å². The summed E-state index contributed by atoms with van der Waals surface area (Å²) in [6.45, 7) is 3.37. The van der Waals surface area contributed by atoms with Crippen LogP contribution in [0.15, 0.2) is 18.5 Å². The zero-order valence-electron chi connectivity index (χ0n) is 12.4. The maximum Gasteiger partial charge on any atom is 0.0832 e. The lowest BCUT2D eigenvalue weighted by atomic mass is 10.1. The molecule has 1 heterocycles. The minimum Gasteiger partial charge on any atom is -0.388 e. The molecule has 1 N–H and O–H groups in total. The number of aliphatic hydroxyl groups is 1. The number of rotatable bonds is 10. The van der Waals surface area contributed by atoms with Gasteiger partial charge in [0.05, 0.1) is 6.10 Å². The highest BCUT2D eigenvalue weighted by Crippen LogP contribution is 2.40. The van der Waals surface area contributed by atoms with Crippen molar-refractivity contribution in [2.45, 2.75) is 77.4 Å². The highest BCUT2D eigenvalue weighted by atomic mass is 16.3. The van der Waals surface area contributed by atoms with Gasteiger partial charge >= 0.3 is 0 Å². The fourth-order valence-corrected chi connectivity index (χ4v) is 2.71. The molecule has 0 aliphatic heterocycles. The van der Waals surface area contributed by atoms with Gasteiger partial charge in [0.15, 0.2) is 0 Å². The summed E-state index contributed by atoms with van der Waals surface area (Å²) in [5, 5.41) is 10.1. The smallest absolute Gasteiger partial charge is 0.0832 e. The number of aromatic nitrogens is 1. The van der Waals surface area contributed by atoms with Crippen molar-refractivity contribution in [1.29, 1.82) is 0 Å². The second-order valence-electron chi connectivity index (χ2n) is 6.09. The SMILES string of the molecule is CCCCCCCCCn1ccc(C(O)C2CC2)c1. The Balaban J connectivity index is 1.58. The van der Waals surface area contributed by atoms with E-state index in [1.165, 1.54) is 57.8 Å². The molecule has 0 radical (unpaired) electrons. The van der Waals surface area contributed by atoms with Crippen molar-refractivity contribution < 1.29 is 5.11 Å². The van der Waals surface area contributed by atoms with E-state index in [-0.39, 0.29) is 6.10 Å². The van der Waals surface area contributed by atoms with Gasteiger partial charge in [-0.25, -0.2) is 0 Å². The molecule has 1 aromatic heterocycles.